The fraction of sp³-hybridized carbons (Fsp3) is 0.788. The molecule has 2 rings (SSSR count). The van der Waals surface area contributed by atoms with Gasteiger partial charge in [0, 0.05) is 13.0 Å². The van der Waals surface area contributed by atoms with Gasteiger partial charge in [-0.25, -0.2) is 0 Å². The quantitative estimate of drug-likeness (QED) is 0.0183. The van der Waals surface area contributed by atoms with E-state index in [4.69, 9.17) is 28.4 Å². The van der Waals surface area contributed by atoms with Crippen LogP contribution in [0.1, 0.15) is 162 Å². The molecular weight excluding hydrogens is 849 g/mol. The van der Waals surface area contributed by atoms with Crippen molar-refractivity contribution in [3.05, 3.63) is 60.8 Å². The normalized spacial score (nSPS) is 26.8. The summed E-state index contributed by atoms with van der Waals surface area (Å²) in [6, 6.07) is 0. The van der Waals surface area contributed by atoms with Crippen molar-refractivity contribution in [2.24, 2.45) is 0 Å². The van der Waals surface area contributed by atoms with E-state index in [9.17, 15) is 40.5 Å². The van der Waals surface area contributed by atoms with E-state index >= 15 is 0 Å². The Morgan fingerprint density at radius 1 is 0.515 bits per heavy atom. The number of esters is 1. The van der Waals surface area contributed by atoms with E-state index in [1.807, 2.05) is 0 Å². The van der Waals surface area contributed by atoms with Gasteiger partial charge in [0.25, 0.3) is 0 Å². The summed E-state index contributed by atoms with van der Waals surface area (Å²) in [6.45, 7) is 3.48. The van der Waals surface area contributed by atoms with Gasteiger partial charge in [-0.15, -0.1) is 0 Å². The van der Waals surface area contributed by atoms with Gasteiger partial charge in [0.05, 0.1) is 26.4 Å². The van der Waals surface area contributed by atoms with Crippen LogP contribution in [0, 0.1) is 0 Å². The number of unbranched alkanes of at least 4 members (excludes halogenated alkanes) is 15. The van der Waals surface area contributed by atoms with Gasteiger partial charge in [0.1, 0.15) is 54.9 Å². The predicted molar refractivity (Wildman–Crippen MR) is 256 cm³/mol. The van der Waals surface area contributed by atoms with Gasteiger partial charge in [0.2, 0.25) is 0 Å². The zero-order valence-corrected chi connectivity index (χ0v) is 40.4. The molecule has 0 aromatic rings. The van der Waals surface area contributed by atoms with Crippen LogP contribution in [0.2, 0.25) is 0 Å². The SMILES string of the molecule is CC/C=C\C/C=C\C/C=C\CCCCCCOCC(COC1OC(COC2OC(CO)C(O)C(O)C2O)C(O)C(O)C1O)OC(=O)CCCCCCCCC/C=C\C/C=C\CCCCCC. The third-order valence-corrected chi connectivity index (χ3v) is 11.8. The Morgan fingerprint density at radius 2 is 0.985 bits per heavy atom. The molecule has 2 aliphatic heterocycles. The number of carbonyl (C=O) groups is 1. The molecule has 2 saturated heterocycles. The summed E-state index contributed by atoms with van der Waals surface area (Å²) in [5.74, 6) is -0.395. The molecule has 0 aliphatic carbocycles. The van der Waals surface area contributed by atoms with Crippen molar-refractivity contribution < 1.29 is 69.0 Å². The maximum absolute atomic E-state index is 13.0. The molecule has 0 bridgehead atoms. The maximum Gasteiger partial charge on any atom is 0.306 e. The van der Waals surface area contributed by atoms with Crippen LogP contribution in [0.15, 0.2) is 60.8 Å². The van der Waals surface area contributed by atoms with Crippen molar-refractivity contribution in [3.8, 4) is 0 Å². The molecule has 14 nitrogen and oxygen atoms in total. The van der Waals surface area contributed by atoms with Crippen LogP contribution in [-0.4, -0.2) is 142 Å². The van der Waals surface area contributed by atoms with Crippen LogP contribution in [0.3, 0.4) is 0 Å². The summed E-state index contributed by atoms with van der Waals surface area (Å²) >= 11 is 0. The largest absolute Gasteiger partial charge is 0.457 e. The monoisotopic (exact) mass is 939 g/mol. The third kappa shape index (κ3) is 27.0. The van der Waals surface area contributed by atoms with Gasteiger partial charge >= 0.3 is 5.97 Å². The Bertz CT molecular complexity index is 1320. The standard InChI is InChI=1S/C52H90O14/c1-3-5-7-9-11-13-15-17-19-20-21-22-23-25-27-29-31-33-35-44(54)64-41(38-61-36-34-32-30-28-26-24-18-16-14-12-10-8-6-4-2)39-62-51-50(60)48(58)46(56)43(66-51)40-63-52-49(59)47(57)45(55)42(37-53)65-52/h6,8,12-15,18-20,24,41-43,45-53,55-60H,3-5,7,9-11,16-17,21-23,25-40H2,1-2H3/b8-6-,14-12-,15-13-,20-19-,24-18-. The number of rotatable bonds is 39. The molecule has 11 atom stereocenters. The Balaban J connectivity index is 1.79. The van der Waals surface area contributed by atoms with Crippen molar-refractivity contribution in [3.63, 3.8) is 0 Å². The Morgan fingerprint density at radius 3 is 1.55 bits per heavy atom. The van der Waals surface area contributed by atoms with Crippen molar-refractivity contribution in [2.75, 3.05) is 33.0 Å². The van der Waals surface area contributed by atoms with Crippen molar-refractivity contribution >= 4 is 5.97 Å². The lowest BCUT2D eigenvalue weighted by molar-refractivity contribution is -0.332. The third-order valence-electron chi connectivity index (χ3n) is 11.8. The molecule has 2 heterocycles. The van der Waals surface area contributed by atoms with Crippen LogP contribution < -0.4 is 0 Å². The molecule has 0 radical (unpaired) electrons. The van der Waals surface area contributed by atoms with Crippen LogP contribution in [0.4, 0.5) is 0 Å². The topological polar surface area (TPSA) is 214 Å². The second-order valence-electron chi connectivity index (χ2n) is 17.6. The zero-order valence-electron chi connectivity index (χ0n) is 40.4. The van der Waals surface area contributed by atoms with Gasteiger partial charge in [-0.3, -0.25) is 4.79 Å². The first kappa shape index (κ1) is 59.8. The molecule has 7 N–H and O–H groups in total. The molecule has 2 aliphatic rings. The Labute approximate surface area is 396 Å². The first-order chi connectivity index (χ1) is 32.1. The smallest absolute Gasteiger partial charge is 0.306 e. The van der Waals surface area contributed by atoms with Gasteiger partial charge in [0.15, 0.2) is 12.6 Å². The molecule has 0 spiro atoms. The molecule has 0 aromatic carbocycles. The number of hydrogen-bond donors (Lipinski definition) is 7. The second kappa shape index (κ2) is 39.5. The van der Waals surface area contributed by atoms with Gasteiger partial charge in [-0.05, 0) is 77.0 Å². The lowest BCUT2D eigenvalue weighted by Gasteiger charge is -2.42. The van der Waals surface area contributed by atoms with E-state index in [0.717, 1.165) is 83.5 Å². The van der Waals surface area contributed by atoms with Gasteiger partial charge in [-0.2, -0.15) is 0 Å². The summed E-state index contributed by atoms with van der Waals surface area (Å²) in [5, 5.41) is 72.1. The minimum Gasteiger partial charge on any atom is -0.457 e. The number of hydrogen-bond acceptors (Lipinski definition) is 14. The Kier molecular flexibility index (Phi) is 35.8. The molecule has 14 heteroatoms. The molecule has 0 aromatic heterocycles. The highest BCUT2D eigenvalue weighted by molar-refractivity contribution is 5.69. The van der Waals surface area contributed by atoms with Crippen LogP contribution >= 0.6 is 0 Å². The fourth-order valence-corrected chi connectivity index (χ4v) is 7.62. The Hall–Kier alpha value is -2.31. The van der Waals surface area contributed by atoms with E-state index < -0.39 is 86.7 Å². The minimum atomic E-state index is -1.71. The zero-order chi connectivity index (χ0) is 48.0. The lowest BCUT2D eigenvalue weighted by Crippen LogP contribution is -2.61. The average Bonchev–Trinajstić information content (AvgIpc) is 3.31. The number of aliphatic hydroxyl groups excluding tert-OH is 7. The first-order valence-electron chi connectivity index (χ1n) is 25.4. The van der Waals surface area contributed by atoms with E-state index in [-0.39, 0.29) is 19.6 Å². The van der Waals surface area contributed by atoms with Crippen molar-refractivity contribution in [1.82, 2.24) is 0 Å². The molecule has 2 fully saturated rings. The summed E-state index contributed by atoms with van der Waals surface area (Å²) in [4.78, 5) is 13.0. The van der Waals surface area contributed by atoms with E-state index in [0.29, 0.717) is 13.0 Å². The molecule has 66 heavy (non-hydrogen) atoms. The van der Waals surface area contributed by atoms with Crippen LogP contribution in [0.25, 0.3) is 0 Å². The van der Waals surface area contributed by atoms with Crippen molar-refractivity contribution in [2.45, 2.75) is 229 Å². The number of ether oxygens (including phenoxy) is 6. The minimum absolute atomic E-state index is 0.0406. The number of allylic oxidation sites excluding steroid dienone is 10. The summed E-state index contributed by atoms with van der Waals surface area (Å²) in [6.07, 6.45) is 30.0. The molecular formula is C52H90O14. The highest BCUT2D eigenvalue weighted by Gasteiger charge is 2.47. The van der Waals surface area contributed by atoms with Gasteiger partial charge in [-0.1, -0.05) is 139 Å². The molecule has 0 amide bonds. The fourth-order valence-electron chi connectivity index (χ4n) is 7.62. The second-order valence-corrected chi connectivity index (χ2v) is 17.6. The first-order valence-corrected chi connectivity index (χ1v) is 25.4. The summed E-state index contributed by atoms with van der Waals surface area (Å²) < 4.78 is 34.2. The van der Waals surface area contributed by atoms with Gasteiger partial charge < -0.3 is 64.2 Å². The molecule has 0 saturated carbocycles. The molecule has 11 unspecified atom stereocenters. The van der Waals surface area contributed by atoms with E-state index in [1.54, 1.807) is 0 Å². The van der Waals surface area contributed by atoms with Crippen LogP contribution in [0.5, 0.6) is 0 Å². The van der Waals surface area contributed by atoms with E-state index in [2.05, 4.69) is 74.6 Å². The number of aliphatic hydroxyl groups is 7. The molecule has 382 valence electrons. The van der Waals surface area contributed by atoms with E-state index in [1.165, 1.54) is 51.4 Å². The predicted octanol–water partition coefficient (Wildman–Crippen LogP) is 7.35. The van der Waals surface area contributed by atoms with Crippen molar-refractivity contribution in [1.29, 1.82) is 0 Å². The summed E-state index contributed by atoms with van der Waals surface area (Å²) in [7, 11) is 0. The highest BCUT2D eigenvalue weighted by atomic mass is 16.7. The summed E-state index contributed by atoms with van der Waals surface area (Å²) in [5.41, 5.74) is 0. The van der Waals surface area contributed by atoms with Crippen LogP contribution in [-0.2, 0) is 33.2 Å². The highest BCUT2D eigenvalue weighted by Crippen LogP contribution is 2.26. The number of carbonyl (C=O) groups excluding carboxylic acids is 1. The average molecular weight is 939 g/mol. The lowest BCUT2D eigenvalue weighted by atomic mass is 9.98. The maximum atomic E-state index is 13.0.